The summed E-state index contributed by atoms with van der Waals surface area (Å²) in [6, 6.07) is 7.72. The molecule has 0 saturated carbocycles. The molecule has 22 heavy (non-hydrogen) atoms. The molecule has 1 aliphatic heterocycles. The molecular formula is C13H12F3N3O3. The van der Waals surface area contributed by atoms with Crippen LogP contribution in [0.1, 0.15) is 13.3 Å². The number of alkyl halides is 3. The molecular weight excluding hydrogens is 303 g/mol. The van der Waals surface area contributed by atoms with Crippen LogP contribution in [0, 0.1) is 0 Å². The van der Waals surface area contributed by atoms with E-state index in [4.69, 9.17) is 0 Å². The number of hydrogen-bond donors (Lipinski definition) is 2. The van der Waals surface area contributed by atoms with Crippen molar-refractivity contribution in [1.29, 1.82) is 0 Å². The quantitative estimate of drug-likeness (QED) is 0.770. The number of aliphatic hydroxyl groups is 1. The normalized spacial score (nSPS) is 21.5. The van der Waals surface area contributed by atoms with Gasteiger partial charge in [-0.15, -0.1) is 0 Å². The number of benzene rings is 1. The van der Waals surface area contributed by atoms with Gasteiger partial charge in [-0.3, -0.25) is 9.59 Å². The van der Waals surface area contributed by atoms with Crippen LogP contribution in [0.4, 0.5) is 18.9 Å². The lowest BCUT2D eigenvalue weighted by Gasteiger charge is -2.32. The average molecular weight is 315 g/mol. The van der Waals surface area contributed by atoms with Crippen molar-refractivity contribution in [3.63, 3.8) is 0 Å². The van der Waals surface area contributed by atoms with E-state index in [0.29, 0.717) is 0 Å². The molecule has 1 aromatic carbocycles. The smallest absolute Gasteiger partial charge is 0.362 e. The maximum absolute atomic E-state index is 13.0. The highest BCUT2D eigenvalue weighted by Gasteiger charge is 2.63. The lowest BCUT2D eigenvalue weighted by molar-refractivity contribution is -0.301. The first-order valence-corrected chi connectivity index (χ1v) is 6.19. The third-order valence-corrected chi connectivity index (χ3v) is 3.00. The van der Waals surface area contributed by atoms with Gasteiger partial charge in [-0.05, 0) is 19.1 Å². The molecule has 0 aliphatic carbocycles. The first-order valence-electron chi connectivity index (χ1n) is 6.19. The molecule has 0 fully saturated rings. The molecule has 0 saturated heterocycles. The molecule has 6 nitrogen and oxygen atoms in total. The van der Waals surface area contributed by atoms with E-state index in [1.807, 2.05) is 0 Å². The van der Waals surface area contributed by atoms with Crippen LogP contribution < -0.4 is 5.32 Å². The van der Waals surface area contributed by atoms with Crippen molar-refractivity contribution in [2.45, 2.75) is 25.2 Å². The number of amides is 2. The van der Waals surface area contributed by atoms with E-state index < -0.39 is 30.1 Å². The molecule has 0 radical (unpaired) electrons. The van der Waals surface area contributed by atoms with Crippen LogP contribution >= 0.6 is 0 Å². The SMILES string of the molecule is CC1=NN(C(=O)C(=O)Nc2ccccc2)C(O)(C(F)(F)F)C1. The van der Waals surface area contributed by atoms with E-state index in [-0.39, 0.29) is 16.4 Å². The van der Waals surface area contributed by atoms with Crippen molar-refractivity contribution in [2.24, 2.45) is 5.10 Å². The Morgan fingerprint density at radius 2 is 1.91 bits per heavy atom. The number of halogens is 3. The zero-order chi connectivity index (χ0) is 16.5. The van der Waals surface area contributed by atoms with Crippen molar-refractivity contribution >= 4 is 23.2 Å². The average Bonchev–Trinajstić information content (AvgIpc) is 2.75. The van der Waals surface area contributed by atoms with E-state index in [2.05, 4.69) is 10.4 Å². The minimum atomic E-state index is -5.14. The maximum Gasteiger partial charge on any atom is 0.438 e. The molecule has 1 unspecified atom stereocenters. The van der Waals surface area contributed by atoms with Crippen molar-refractivity contribution in [3.8, 4) is 0 Å². The fourth-order valence-electron chi connectivity index (χ4n) is 1.96. The van der Waals surface area contributed by atoms with Gasteiger partial charge < -0.3 is 10.4 Å². The highest BCUT2D eigenvalue weighted by molar-refractivity contribution is 6.39. The monoisotopic (exact) mass is 315 g/mol. The first kappa shape index (κ1) is 16.0. The van der Waals surface area contributed by atoms with Gasteiger partial charge in [0.15, 0.2) is 0 Å². The third-order valence-electron chi connectivity index (χ3n) is 3.00. The van der Waals surface area contributed by atoms with Crippen molar-refractivity contribution in [2.75, 3.05) is 5.32 Å². The van der Waals surface area contributed by atoms with Crippen LogP contribution in [0.25, 0.3) is 0 Å². The Hall–Kier alpha value is -2.42. The lowest BCUT2D eigenvalue weighted by atomic mass is 10.1. The molecule has 1 atom stereocenters. The number of nitrogens with one attached hydrogen (secondary N) is 1. The van der Waals surface area contributed by atoms with Crippen LogP contribution in [0.3, 0.4) is 0 Å². The van der Waals surface area contributed by atoms with E-state index in [0.717, 1.165) is 0 Å². The lowest BCUT2D eigenvalue weighted by Crippen LogP contribution is -2.58. The molecule has 1 aromatic rings. The third kappa shape index (κ3) is 2.80. The second-order valence-corrected chi connectivity index (χ2v) is 4.76. The maximum atomic E-state index is 13.0. The summed E-state index contributed by atoms with van der Waals surface area (Å²) >= 11 is 0. The van der Waals surface area contributed by atoms with E-state index in [1.165, 1.54) is 19.1 Å². The molecule has 118 valence electrons. The number of para-hydroxylation sites is 1. The number of hydrazone groups is 1. The van der Waals surface area contributed by atoms with Crippen LogP contribution in [-0.2, 0) is 9.59 Å². The van der Waals surface area contributed by atoms with Gasteiger partial charge in [-0.1, -0.05) is 18.2 Å². The number of anilines is 1. The summed E-state index contributed by atoms with van der Waals surface area (Å²) in [6.45, 7) is 1.22. The molecule has 2 amide bonds. The van der Waals surface area contributed by atoms with E-state index in [1.54, 1.807) is 18.2 Å². The number of carbonyl (C=O) groups excluding carboxylic acids is 2. The van der Waals surface area contributed by atoms with Gasteiger partial charge in [0, 0.05) is 17.8 Å². The molecule has 9 heteroatoms. The van der Waals surface area contributed by atoms with Gasteiger partial charge >= 0.3 is 18.0 Å². The van der Waals surface area contributed by atoms with Gasteiger partial charge in [0.2, 0.25) is 0 Å². The predicted molar refractivity (Wildman–Crippen MR) is 70.6 cm³/mol. The molecule has 2 rings (SSSR count). The zero-order valence-corrected chi connectivity index (χ0v) is 11.4. The summed E-state index contributed by atoms with van der Waals surface area (Å²) < 4.78 is 38.9. The summed E-state index contributed by atoms with van der Waals surface area (Å²) in [6.07, 6.45) is -6.04. The number of hydrogen-bond acceptors (Lipinski definition) is 4. The standard InChI is InChI=1S/C13H12F3N3O3/c1-8-7-12(22,13(14,15)16)19(18-8)11(21)10(20)17-9-5-3-2-4-6-9/h2-6,22H,7H2,1H3,(H,17,20). The second-order valence-electron chi connectivity index (χ2n) is 4.76. The summed E-state index contributed by atoms with van der Waals surface area (Å²) in [5, 5.41) is 15.0. The highest BCUT2D eigenvalue weighted by Crippen LogP contribution is 2.40. The molecule has 0 bridgehead atoms. The fraction of sp³-hybridized carbons (Fsp3) is 0.308. The van der Waals surface area contributed by atoms with Gasteiger partial charge in [-0.2, -0.15) is 23.3 Å². The molecule has 2 N–H and O–H groups in total. The summed E-state index contributed by atoms with van der Waals surface area (Å²) in [5.74, 6) is -2.92. The molecule has 0 spiro atoms. The van der Waals surface area contributed by atoms with Crippen molar-refractivity contribution in [1.82, 2.24) is 5.01 Å². The Bertz CT molecular complexity index is 630. The largest absolute Gasteiger partial charge is 0.438 e. The van der Waals surface area contributed by atoms with Gasteiger partial charge in [0.1, 0.15) is 0 Å². The first-order chi connectivity index (χ1) is 10.1. The van der Waals surface area contributed by atoms with Crippen molar-refractivity contribution in [3.05, 3.63) is 30.3 Å². The van der Waals surface area contributed by atoms with Gasteiger partial charge in [-0.25, -0.2) is 0 Å². The molecule has 1 aliphatic rings. The Labute approximate surface area is 123 Å². The fourth-order valence-corrected chi connectivity index (χ4v) is 1.96. The Morgan fingerprint density at radius 3 is 2.45 bits per heavy atom. The summed E-state index contributed by atoms with van der Waals surface area (Å²) in [5.41, 5.74) is -3.39. The molecule has 1 heterocycles. The zero-order valence-electron chi connectivity index (χ0n) is 11.4. The van der Waals surface area contributed by atoms with Crippen molar-refractivity contribution < 1.29 is 27.9 Å². The number of rotatable bonds is 1. The molecule has 0 aromatic heterocycles. The second kappa shape index (κ2) is 5.41. The predicted octanol–water partition coefficient (Wildman–Crippen LogP) is 1.48. The van der Waals surface area contributed by atoms with Crippen LogP contribution in [0.2, 0.25) is 0 Å². The number of carbonyl (C=O) groups is 2. The Morgan fingerprint density at radius 1 is 1.32 bits per heavy atom. The Balaban J connectivity index is 2.22. The minimum Gasteiger partial charge on any atom is -0.362 e. The minimum absolute atomic E-state index is 0.110. The highest BCUT2D eigenvalue weighted by atomic mass is 19.4. The van der Waals surface area contributed by atoms with Crippen LogP contribution in [0.5, 0.6) is 0 Å². The van der Waals surface area contributed by atoms with E-state index in [9.17, 15) is 27.9 Å². The van der Waals surface area contributed by atoms with Gasteiger partial charge in [0.05, 0.1) is 0 Å². The Kier molecular flexibility index (Phi) is 3.92. The summed E-state index contributed by atoms with van der Waals surface area (Å²) in [4.78, 5) is 23.7. The van der Waals surface area contributed by atoms with Crippen LogP contribution in [-0.4, -0.2) is 39.5 Å². The van der Waals surface area contributed by atoms with Gasteiger partial charge in [0.25, 0.3) is 5.72 Å². The number of nitrogens with zero attached hydrogens (tertiary/aromatic N) is 2. The summed E-state index contributed by atoms with van der Waals surface area (Å²) in [7, 11) is 0. The van der Waals surface area contributed by atoms with Crippen LogP contribution in [0.15, 0.2) is 35.4 Å². The van der Waals surface area contributed by atoms with E-state index >= 15 is 0 Å². The topological polar surface area (TPSA) is 82.0 Å².